The summed E-state index contributed by atoms with van der Waals surface area (Å²) < 4.78 is 13.2. The van der Waals surface area contributed by atoms with Gasteiger partial charge in [-0.15, -0.1) is 20.4 Å². The third-order valence-corrected chi connectivity index (χ3v) is 5.37. The van der Waals surface area contributed by atoms with Gasteiger partial charge in [0.2, 0.25) is 11.8 Å². The molecule has 8 heteroatoms. The van der Waals surface area contributed by atoms with Crippen molar-refractivity contribution in [2.24, 2.45) is 0 Å². The Morgan fingerprint density at radius 1 is 1.00 bits per heavy atom. The molecule has 0 unspecified atom stereocenters. The van der Waals surface area contributed by atoms with E-state index in [2.05, 4.69) is 57.0 Å². The lowest BCUT2D eigenvalue weighted by molar-refractivity contribution is 0.414. The van der Waals surface area contributed by atoms with Gasteiger partial charge in [0, 0.05) is 17.7 Å². The molecule has 0 fully saturated rings. The highest BCUT2D eigenvalue weighted by atomic mass is 32.2. The number of aryl methyl sites for hydroxylation is 1. The quantitative estimate of drug-likeness (QED) is 0.413. The average molecular weight is 407 g/mol. The molecule has 0 saturated carbocycles. The number of hydrogen-bond donors (Lipinski definition) is 0. The molecule has 2 aromatic carbocycles. The summed E-state index contributed by atoms with van der Waals surface area (Å²) in [6.45, 7) is 4.93. The highest BCUT2D eigenvalue weighted by molar-refractivity contribution is 7.98. The van der Waals surface area contributed by atoms with Crippen LogP contribution in [0.2, 0.25) is 0 Å². The fourth-order valence-corrected chi connectivity index (χ4v) is 3.83. The van der Waals surface area contributed by atoms with Crippen molar-refractivity contribution in [2.45, 2.75) is 31.3 Å². The summed E-state index contributed by atoms with van der Waals surface area (Å²) in [6, 6.07) is 15.8. The van der Waals surface area contributed by atoms with Crippen LogP contribution in [0.25, 0.3) is 22.8 Å². The number of aromatic nitrogens is 5. The van der Waals surface area contributed by atoms with E-state index >= 15 is 0 Å². The molecule has 4 rings (SSSR count). The van der Waals surface area contributed by atoms with Gasteiger partial charge in [0.25, 0.3) is 0 Å². The lowest BCUT2D eigenvalue weighted by Crippen LogP contribution is -2.00. The van der Waals surface area contributed by atoms with E-state index in [-0.39, 0.29) is 0 Å². The molecule has 2 aromatic heterocycles. The second-order valence-corrected chi connectivity index (χ2v) is 7.38. The Kier molecular flexibility index (Phi) is 5.62. The minimum Gasteiger partial charge on any atom is -0.497 e. The molecule has 148 valence electrons. The Balaban J connectivity index is 1.51. The standard InChI is InChI=1S/C21H21N5O2S/c1-4-26-19(15-8-5-7-14(2)11-15)23-25-21(26)29-13-18-22-24-20(28-18)16-9-6-10-17(12-16)27-3/h5-12H,4,13H2,1-3H3. The summed E-state index contributed by atoms with van der Waals surface area (Å²) in [6.07, 6.45) is 0. The molecule has 0 radical (unpaired) electrons. The minimum absolute atomic E-state index is 0.469. The van der Waals surface area contributed by atoms with E-state index in [1.807, 2.05) is 30.3 Å². The Morgan fingerprint density at radius 2 is 1.83 bits per heavy atom. The van der Waals surface area contributed by atoms with Crippen LogP contribution in [0.4, 0.5) is 0 Å². The largest absolute Gasteiger partial charge is 0.497 e. The van der Waals surface area contributed by atoms with Crippen LogP contribution in [0.1, 0.15) is 18.4 Å². The number of benzene rings is 2. The van der Waals surface area contributed by atoms with Gasteiger partial charge in [-0.3, -0.25) is 0 Å². The smallest absolute Gasteiger partial charge is 0.247 e. The number of rotatable bonds is 7. The van der Waals surface area contributed by atoms with Gasteiger partial charge in [-0.05, 0) is 38.1 Å². The lowest BCUT2D eigenvalue weighted by Gasteiger charge is -2.07. The van der Waals surface area contributed by atoms with Crippen LogP contribution >= 0.6 is 11.8 Å². The Bertz CT molecular complexity index is 1120. The molecule has 7 nitrogen and oxygen atoms in total. The molecule has 0 aliphatic rings. The molecule has 0 amide bonds. The average Bonchev–Trinajstić information content (AvgIpc) is 3.39. The van der Waals surface area contributed by atoms with Gasteiger partial charge in [0.15, 0.2) is 11.0 Å². The maximum atomic E-state index is 5.82. The van der Waals surface area contributed by atoms with E-state index in [1.54, 1.807) is 7.11 Å². The first kappa shape index (κ1) is 19.2. The van der Waals surface area contributed by atoms with Crippen LogP contribution in [0.5, 0.6) is 5.75 Å². The van der Waals surface area contributed by atoms with Gasteiger partial charge in [0.1, 0.15) is 5.75 Å². The zero-order valence-electron chi connectivity index (χ0n) is 16.5. The summed E-state index contributed by atoms with van der Waals surface area (Å²) in [4.78, 5) is 0. The fourth-order valence-electron chi connectivity index (χ4n) is 2.99. The van der Waals surface area contributed by atoms with Crippen molar-refractivity contribution < 1.29 is 9.15 Å². The summed E-state index contributed by atoms with van der Waals surface area (Å²) in [5.41, 5.74) is 3.08. The first-order chi connectivity index (χ1) is 14.2. The first-order valence-electron chi connectivity index (χ1n) is 9.27. The number of ether oxygens (including phenoxy) is 1. The molecule has 0 saturated heterocycles. The number of thioether (sulfide) groups is 1. The molecule has 2 heterocycles. The van der Waals surface area contributed by atoms with E-state index < -0.39 is 0 Å². The molecule has 0 N–H and O–H groups in total. The molecule has 4 aromatic rings. The third-order valence-electron chi connectivity index (χ3n) is 4.42. The zero-order valence-corrected chi connectivity index (χ0v) is 17.3. The maximum absolute atomic E-state index is 5.82. The second-order valence-electron chi connectivity index (χ2n) is 6.44. The van der Waals surface area contributed by atoms with E-state index in [0.29, 0.717) is 17.5 Å². The van der Waals surface area contributed by atoms with Gasteiger partial charge < -0.3 is 13.7 Å². The van der Waals surface area contributed by atoms with Gasteiger partial charge >= 0.3 is 0 Å². The topological polar surface area (TPSA) is 78.9 Å². The number of methoxy groups -OCH3 is 1. The third kappa shape index (κ3) is 4.17. The summed E-state index contributed by atoms with van der Waals surface area (Å²) in [5, 5.41) is 17.9. The summed E-state index contributed by atoms with van der Waals surface area (Å²) >= 11 is 1.53. The molecule has 0 bridgehead atoms. The highest BCUT2D eigenvalue weighted by Crippen LogP contribution is 2.28. The minimum atomic E-state index is 0.469. The highest BCUT2D eigenvalue weighted by Gasteiger charge is 2.15. The lowest BCUT2D eigenvalue weighted by atomic mass is 10.1. The molecule has 0 atom stereocenters. The Hall–Kier alpha value is -3.13. The van der Waals surface area contributed by atoms with Crippen molar-refractivity contribution in [3.05, 3.63) is 60.0 Å². The number of nitrogens with zero attached hydrogens (tertiary/aromatic N) is 5. The maximum Gasteiger partial charge on any atom is 0.247 e. The molecular formula is C21H21N5O2S. The second kappa shape index (κ2) is 8.48. The van der Waals surface area contributed by atoms with Gasteiger partial charge in [-0.2, -0.15) is 0 Å². The number of hydrogen-bond acceptors (Lipinski definition) is 7. The van der Waals surface area contributed by atoms with Crippen LogP contribution in [-0.4, -0.2) is 32.1 Å². The fraction of sp³-hybridized carbons (Fsp3) is 0.238. The van der Waals surface area contributed by atoms with Crippen molar-refractivity contribution >= 4 is 11.8 Å². The van der Waals surface area contributed by atoms with Crippen molar-refractivity contribution in [3.63, 3.8) is 0 Å². The van der Waals surface area contributed by atoms with E-state index in [1.165, 1.54) is 17.3 Å². The Labute approximate surface area is 173 Å². The van der Waals surface area contributed by atoms with Gasteiger partial charge in [0.05, 0.1) is 12.9 Å². The van der Waals surface area contributed by atoms with Crippen molar-refractivity contribution in [1.82, 2.24) is 25.0 Å². The Morgan fingerprint density at radius 3 is 2.62 bits per heavy atom. The van der Waals surface area contributed by atoms with Crippen LogP contribution in [-0.2, 0) is 12.3 Å². The van der Waals surface area contributed by atoms with Crippen LogP contribution in [0.3, 0.4) is 0 Å². The molecular weight excluding hydrogens is 386 g/mol. The van der Waals surface area contributed by atoms with E-state index in [9.17, 15) is 0 Å². The van der Waals surface area contributed by atoms with Crippen LogP contribution in [0.15, 0.2) is 58.1 Å². The van der Waals surface area contributed by atoms with Crippen molar-refractivity contribution in [2.75, 3.05) is 7.11 Å². The SMILES string of the molecule is CCn1c(SCc2nnc(-c3cccc(OC)c3)o2)nnc1-c1cccc(C)c1. The van der Waals surface area contributed by atoms with Crippen molar-refractivity contribution in [1.29, 1.82) is 0 Å². The molecule has 29 heavy (non-hydrogen) atoms. The normalized spacial score (nSPS) is 11.0. The predicted molar refractivity (Wildman–Crippen MR) is 112 cm³/mol. The summed E-state index contributed by atoms with van der Waals surface area (Å²) in [7, 11) is 1.63. The molecule has 0 spiro atoms. The van der Waals surface area contributed by atoms with Gasteiger partial charge in [-0.1, -0.05) is 41.6 Å². The monoisotopic (exact) mass is 407 g/mol. The van der Waals surface area contributed by atoms with E-state index in [0.717, 1.165) is 34.4 Å². The zero-order chi connectivity index (χ0) is 20.2. The van der Waals surface area contributed by atoms with Crippen molar-refractivity contribution in [3.8, 4) is 28.6 Å². The molecule has 0 aliphatic carbocycles. The summed E-state index contributed by atoms with van der Waals surface area (Å²) in [5.74, 6) is 3.13. The predicted octanol–water partition coefficient (Wildman–Crippen LogP) is 4.62. The van der Waals surface area contributed by atoms with Crippen LogP contribution < -0.4 is 4.74 Å². The van der Waals surface area contributed by atoms with Gasteiger partial charge in [-0.25, -0.2) is 0 Å². The van der Waals surface area contributed by atoms with E-state index in [4.69, 9.17) is 9.15 Å². The first-order valence-corrected chi connectivity index (χ1v) is 10.3. The molecule has 0 aliphatic heterocycles. The van der Waals surface area contributed by atoms with Crippen LogP contribution in [0, 0.1) is 6.92 Å².